The lowest BCUT2D eigenvalue weighted by Gasteiger charge is -2.16. The lowest BCUT2D eigenvalue weighted by atomic mass is 9.86. The minimum atomic E-state index is -0.0377. The van der Waals surface area contributed by atoms with Crippen molar-refractivity contribution in [1.82, 2.24) is 10.3 Å². The average molecular weight is 248 g/mol. The molecule has 0 aliphatic heterocycles. The SMILES string of the molecule is CC(C)(C)c1cc(-c2nocc2C(C)(C)C)on1. The molecule has 0 bridgehead atoms. The molecule has 0 amide bonds. The molecule has 2 rings (SSSR count). The Hall–Kier alpha value is -1.58. The summed E-state index contributed by atoms with van der Waals surface area (Å²) in [7, 11) is 0. The molecule has 0 radical (unpaired) electrons. The first-order valence-corrected chi connectivity index (χ1v) is 6.12. The summed E-state index contributed by atoms with van der Waals surface area (Å²) < 4.78 is 10.5. The summed E-state index contributed by atoms with van der Waals surface area (Å²) in [6.07, 6.45) is 1.68. The second-order valence-electron chi connectivity index (χ2n) is 6.65. The Bertz CT molecular complexity index is 539. The zero-order chi connectivity index (χ0) is 13.6. The fraction of sp³-hybridized carbons (Fsp3) is 0.571. The highest BCUT2D eigenvalue weighted by molar-refractivity contribution is 5.58. The minimum absolute atomic E-state index is 0.0343. The molecular weight excluding hydrogens is 228 g/mol. The van der Waals surface area contributed by atoms with Crippen LogP contribution in [-0.2, 0) is 10.8 Å². The zero-order valence-electron chi connectivity index (χ0n) is 11.9. The molecule has 0 saturated heterocycles. The molecule has 0 saturated carbocycles. The molecule has 0 N–H and O–H groups in total. The number of hydrogen-bond acceptors (Lipinski definition) is 4. The Labute approximate surface area is 107 Å². The van der Waals surface area contributed by atoms with Gasteiger partial charge in [0.1, 0.15) is 6.26 Å². The quantitative estimate of drug-likeness (QED) is 0.767. The molecule has 2 aromatic rings. The summed E-state index contributed by atoms with van der Waals surface area (Å²) in [5.74, 6) is 0.665. The van der Waals surface area contributed by atoms with E-state index in [0.717, 1.165) is 17.0 Å². The van der Waals surface area contributed by atoms with Gasteiger partial charge in [-0.2, -0.15) is 0 Å². The van der Waals surface area contributed by atoms with E-state index >= 15 is 0 Å². The molecule has 0 atom stereocenters. The molecule has 0 aliphatic carbocycles. The standard InChI is InChI=1S/C14H20N2O2/c1-13(2,3)9-8-17-16-12(9)10-7-11(15-18-10)14(4,5)6/h7-8H,1-6H3. The summed E-state index contributed by atoms with van der Waals surface area (Å²) >= 11 is 0. The maximum absolute atomic E-state index is 5.40. The van der Waals surface area contributed by atoms with Crippen molar-refractivity contribution >= 4 is 0 Å². The summed E-state index contributed by atoms with van der Waals surface area (Å²) in [4.78, 5) is 0. The first-order valence-electron chi connectivity index (χ1n) is 6.12. The van der Waals surface area contributed by atoms with Crippen molar-refractivity contribution in [1.29, 1.82) is 0 Å². The van der Waals surface area contributed by atoms with Gasteiger partial charge in [0, 0.05) is 17.0 Å². The highest BCUT2D eigenvalue weighted by atomic mass is 16.5. The van der Waals surface area contributed by atoms with Gasteiger partial charge in [0.15, 0.2) is 11.5 Å². The predicted octanol–water partition coefficient (Wildman–Crippen LogP) is 3.92. The van der Waals surface area contributed by atoms with E-state index in [1.54, 1.807) is 6.26 Å². The molecule has 0 spiro atoms. The summed E-state index contributed by atoms with van der Waals surface area (Å²) in [5.41, 5.74) is 2.61. The second kappa shape index (κ2) is 3.97. The fourth-order valence-electron chi connectivity index (χ4n) is 1.69. The third-order valence-corrected chi connectivity index (χ3v) is 2.89. The number of rotatable bonds is 1. The van der Waals surface area contributed by atoms with Crippen LogP contribution in [0.2, 0.25) is 0 Å². The molecule has 98 valence electrons. The van der Waals surface area contributed by atoms with Crippen molar-refractivity contribution in [2.45, 2.75) is 52.4 Å². The lowest BCUT2D eigenvalue weighted by molar-refractivity contribution is 0.392. The van der Waals surface area contributed by atoms with E-state index in [1.807, 2.05) is 6.07 Å². The topological polar surface area (TPSA) is 52.1 Å². The highest BCUT2D eigenvalue weighted by Crippen LogP contribution is 2.33. The third-order valence-electron chi connectivity index (χ3n) is 2.89. The van der Waals surface area contributed by atoms with Crippen LogP contribution >= 0.6 is 0 Å². The van der Waals surface area contributed by atoms with Gasteiger partial charge in [-0.15, -0.1) is 0 Å². The van der Waals surface area contributed by atoms with E-state index in [1.165, 1.54) is 0 Å². The van der Waals surface area contributed by atoms with E-state index in [-0.39, 0.29) is 10.8 Å². The van der Waals surface area contributed by atoms with Crippen molar-refractivity contribution in [3.05, 3.63) is 23.6 Å². The van der Waals surface area contributed by atoms with Crippen molar-refractivity contribution in [2.75, 3.05) is 0 Å². The van der Waals surface area contributed by atoms with Gasteiger partial charge < -0.3 is 9.05 Å². The smallest absolute Gasteiger partial charge is 0.189 e. The number of nitrogens with zero attached hydrogens (tertiary/aromatic N) is 2. The molecule has 0 fully saturated rings. The van der Waals surface area contributed by atoms with Crippen LogP contribution in [0.5, 0.6) is 0 Å². The molecule has 0 aliphatic rings. The molecule has 0 aromatic carbocycles. The lowest BCUT2D eigenvalue weighted by Crippen LogP contribution is -2.11. The molecule has 4 heteroatoms. The predicted molar refractivity (Wildman–Crippen MR) is 69.4 cm³/mol. The Balaban J connectivity index is 2.45. The zero-order valence-corrected chi connectivity index (χ0v) is 11.9. The fourth-order valence-corrected chi connectivity index (χ4v) is 1.69. The van der Waals surface area contributed by atoms with Gasteiger partial charge in [0.25, 0.3) is 0 Å². The first kappa shape index (κ1) is 12.9. The van der Waals surface area contributed by atoms with Crippen LogP contribution in [-0.4, -0.2) is 10.3 Å². The van der Waals surface area contributed by atoms with Gasteiger partial charge in [-0.3, -0.25) is 0 Å². The highest BCUT2D eigenvalue weighted by Gasteiger charge is 2.26. The Morgan fingerprint density at radius 1 is 0.944 bits per heavy atom. The summed E-state index contributed by atoms with van der Waals surface area (Å²) in [6.45, 7) is 12.6. The Morgan fingerprint density at radius 3 is 2.11 bits per heavy atom. The molecule has 2 aromatic heterocycles. The first-order chi connectivity index (χ1) is 8.19. The van der Waals surface area contributed by atoms with E-state index in [9.17, 15) is 0 Å². The van der Waals surface area contributed by atoms with Gasteiger partial charge in [0.05, 0.1) is 5.69 Å². The molecule has 2 heterocycles. The van der Waals surface area contributed by atoms with Crippen molar-refractivity contribution < 1.29 is 9.05 Å². The van der Waals surface area contributed by atoms with E-state index in [0.29, 0.717) is 5.76 Å². The van der Waals surface area contributed by atoms with Gasteiger partial charge in [-0.1, -0.05) is 51.9 Å². The van der Waals surface area contributed by atoms with Crippen LogP contribution in [0.1, 0.15) is 52.8 Å². The molecular formula is C14H20N2O2. The van der Waals surface area contributed by atoms with E-state index < -0.39 is 0 Å². The Kier molecular flexibility index (Phi) is 2.84. The van der Waals surface area contributed by atoms with Crippen molar-refractivity contribution in [3.8, 4) is 11.5 Å². The molecule has 18 heavy (non-hydrogen) atoms. The van der Waals surface area contributed by atoms with Crippen molar-refractivity contribution in [3.63, 3.8) is 0 Å². The van der Waals surface area contributed by atoms with Crippen LogP contribution in [0.25, 0.3) is 11.5 Å². The minimum Gasteiger partial charge on any atom is -0.364 e. The van der Waals surface area contributed by atoms with E-state index in [2.05, 4.69) is 51.9 Å². The second-order valence-corrected chi connectivity index (χ2v) is 6.65. The molecule has 4 nitrogen and oxygen atoms in total. The van der Waals surface area contributed by atoms with Crippen LogP contribution in [0, 0.1) is 0 Å². The largest absolute Gasteiger partial charge is 0.364 e. The van der Waals surface area contributed by atoms with Crippen LogP contribution < -0.4 is 0 Å². The summed E-state index contributed by atoms with van der Waals surface area (Å²) in [5, 5.41) is 8.15. The van der Waals surface area contributed by atoms with Gasteiger partial charge in [-0.05, 0) is 5.41 Å². The van der Waals surface area contributed by atoms with Gasteiger partial charge in [0.2, 0.25) is 0 Å². The third kappa shape index (κ3) is 2.33. The summed E-state index contributed by atoms with van der Waals surface area (Å²) in [6, 6.07) is 1.94. The van der Waals surface area contributed by atoms with E-state index in [4.69, 9.17) is 9.05 Å². The van der Waals surface area contributed by atoms with Crippen LogP contribution in [0.3, 0.4) is 0 Å². The average Bonchev–Trinajstić information content (AvgIpc) is 2.84. The van der Waals surface area contributed by atoms with Crippen LogP contribution in [0.4, 0.5) is 0 Å². The Morgan fingerprint density at radius 2 is 1.61 bits per heavy atom. The monoisotopic (exact) mass is 248 g/mol. The van der Waals surface area contributed by atoms with Crippen molar-refractivity contribution in [2.24, 2.45) is 0 Å². The van der Waals surface area contributed by atoms with Gasteiger partial charge in [-0.25, -0.2) is 0 Å². The molecule has 0 unspecified atom stereocenters. The maximum Gasteiger partial charge on any atom is 0.189 e. The number of aromatic nitrogens is 2. The normalized spacial score (nSPS) is 13.0. The van der Waals surface area contributed by atoms with Gasteiger partial charge >= 0.3 is 0 Å². The maximum atomic E-state index is 5.40. The van der Waals surface area contributed by atoms with Crippen LogP contribution in [0.15, 0.2) is 21.4 Å². The number of hydrogen-bond donors (Lipinski definition) is 0.